The van der Waals surface area contributed by atoms with Crippen LogP contribution in [0.3, 0.4) is 0 Å². The summed E-state index contributed by atoms with van der Waals surface area (Å²) in [5, 5.41) is 8.43. The molecule has 0 saturated carbocycles. The molecule has 1 atom stereocenters. The number of carbonyl (C=O) groups is 1. The summed E-state index contributed by atoms with van der Waals surface area (Å²) in [6.45, 7) is -0.918. The summed E-state index contributed by atoms with van der Waals surface area (Å²) in [5.41, 5.74) is -0.669. The molecule has 4 nitrogen and oxygen atoms in total. The highest BCUT2D eigenvalue weighted by Crippen LogP contribution is 2.27. The van der Waals surface area contributed by atoms with Crippen molar-refractivity contribution < 1.29 is 23.1 Å². The number of alkyl halides is 3. The fourth-order valence-corrected chi connectivity index (χ4v) is 1.13. The summed E-state index contributed by atoms with van der Waals surface area (Å²) in [4.78, 5) is 21.5. The zero-order valence-electron chi connectivity index (χ0n) is 7.94. The van der Waals surface area contributed by atoms with Gasteiger partial charge in [-0.1, -0.05) is 6.07 Å². The number of nitrogens with zero attached hydrogens (tertiary/aromatic N) is 1. The van der Waals surface area contributed by atoms with E-state index in [0.29, 0.717) is 4.57 Å². The van der Waals surface area contributed by atoms with Crippen molar-refractivity contribution in [1.29, 1.82) is 0 Å². The van der Waals surface area contributed by atoms with Gasteiger partial charge in [0.25, 0.3) is 5.56 Å². The SMILES string of the molecule is O=C(O)C(Cn1ccccc1=O)C(F)(F)F. The largest absolute Gasteiger partial charge is 0.481 e. The lowest BCUT2D eigenvalue weighted by molar-refractivity contribution is -0.196. The van der Waals surface area contributed by atoms with Crippen LogP contribution in [0, 0.1) is 5.92 Å². The third-order valence-electron chi connectivity index (χ3n) is 1.97. The van der Waals surface area contributed by atoms with Crippen molar-refractivity contribution in [2.75, 3.05) is 0 Å². The minimum Gasteiger partial charge on any atom is -0.481 e. The number of aliphatic carboxylic acids is 1. The normalized spacial score (nSPS) is 13.4. The van der Waals surface area contributed by atoms with Gasteiger partial charge in [-0.2, -0.15) is 13.2 Å². The van der Waals surface area contributed by atoms with Crippen LogP contribution in [0.2, 0.25) is 0 Å². The van der Waals surface area contributed by atoms with Crippen molar-refractivity contribution in [3.63, 3.8) is 0 Å². The summed E-state index contributed by atoms with van der Waals surface area (Å²) < 4.78 is 37.6. The molecule has 88 valence electrons. The number of hydrogen-bond acceptors (Lipinski definition) is 2. The van der Waals surface area contributed by atoms with Crippen LogP contribution in [0.15, 0.2) is 29.2 Å². The molecular weight excluding hydrogens is 227 g/mol. The molecular formula is C9H8F3NO3. The van der Waals surface area contributed by atoms with Crippen molar-refractivity contribution in [1.82, 2.24) is 4.57 Å². The summed E-state index contributed by atoms with van der Waals surface area (Å²) >= 11 is 0. The highest BCUT2D eigenvalue weighted by molar-refractivity contribution is 5.70. The van der Waals surface area contributed by atoms with Crippen LogP contribution in [0.4, 0.5) is 13.2 Å². The van der Waals surface area contributed by atoms with Gasteiger partial charge in [0.1, 0.15) is 0 Å². The molecule has 0 radical (unpaired) electrons. The highest BCUT2D eigenvalue weighted by atomic mass is 19.4. The first kappa shape index (κ1) is 12.3. The van der Waals surface area contributed by atoms with Gasteiger partial charge in [0.2, 0.25) is 0 Å². The Hall–Kier alpha value is -1.79. The van der Waals surface area contributed by atoms with Crippen LogP contribution in [0.25, 0.3) is 0 Å². The van der Waals surface area contributed by atoms with Crippen LogP contribution in [0.1, 0.15) is 0 Å². The second-order valence-electron chi connectivity index (χ2n) is 3.12. The van der Waals surface area contributed by atoms with E-state index in [0.717, 1.165) is 12.3 Å². The van der Waals surface area contributed by atoms with E-state index in [-0.39, 0.29) is 0 Å². The molecule has 1 unspecified atom stereocenters. The van der Waals surface area contributed by atoms with Crippen LogP contribution in [-0.4, -0.2) is 21.8 Å². The third-order valence-corrected chi connectivity index (χ3v) is 1.97. The maximum absolute atomic E-state index is 12.3. The van der Waals surface area contributed by atoms with E-state index < -0.39 is 30.2 Å². The Morgan fingerprint density at radius 1 is 1.44 bits per heavy atom. The summed E-state index contributed by atoms with van der Waals surface area (Å²) in [6, 6.07) is 3.79. The zero-order valence-corrected chi connectivity index (χ0v) is 7.94. The van der Waals surface area contributed by atoms with Gasteiger partial charge < -0.3 is 9.67 Å². The number of aromatic nitrogens is 1. The number of carboxylic acids is 1. The molecule has 0 spiro atoms. The zero-order chi connectivity index (χ0) is 12.3. The molecule has 1 N–H and O–H groups in total. The predicted octanol–water partition coefficient (Wildman–Crippen LogP) is 1.11. The van der Waals surface area contributed by atoms with E-state index in [1.807, 2.05) is 0 Å². The Kier molecular flexibility index (Phi) is 3.36. The standard InChI is InChI=1S/C9H8F3NO3/c10-9(11,12)6(8(15)16)5-13-4-2-1-3-7(13)14/h1-4,6H,5H2,(H,15,16). The number of pyridine rings is 1. The van der Waals surface area contributed by atoms with Crippen LogP contribution in [-0.2, 0) is 11.3 Å². The molecule has 1 rings (SSSR count). The Bertz CT molecular complexity index is 438. The molecule has 7 heteroatoms. The molecule has 0 aliphatic rings. The smallest absolute Gasteiger partial charge is 0.403 e. The molecule has 0 aliphatic heterocycles. The Morgan fingerprint density at radius 2 is 2.06 bits per heavy atom. The topological polar surface area (TPSA) is 59.3 Å². The lowest BCUT2D eigenvalue weighted by Crippen LogP contribution is -2.36. The average molecular weight is 235 g/mol. The van der Waals surface area contributed by atoms with E-state index in [1.165, 1.54) is 12.1 Å². The van der Waals surface area contributed by atoms with Crippen molar-refractivity contribution in [2.24, 2.45) is 5.92 Å². The number of halogens is 3. The van der Waals surface area contributed by atoms with Crippen molar-refractivity contribution >= 4 is 5.97 Å². The molecule has 1 heterocycles. The Morgan fingerprint density at radius 3 is 2.50 bits per heavy atom. The van der Waals surface area contributed by atoms with E-state index in [2.05, 4.69) is 0 Å². The van der Waals surface area contributed by atoms with Gasteiger partial charge in [0, 0.05) is 18.8 Å². The van der Waals surface area contributed by atoms with E-state index in [9.17, 15) is 22.8 Å². The minimum atomic E-state index is -4.87. The summed E-state index contributed by atoms with van der Waals surface area (Å²) in [5.74, 6) is -4.57. The van der Waals surface area contributed by atoms with Crippen LogP contribution in [0.5, 0.6) is 0 Å². The quantitative estimate of drug-likeness (QED) is 0.853. The molecule has 16 heavy (non-hydrogen) atoms. The number of hydrogen-bond donors (Lipinski definition) is 1. The monoisotopic (exact) mass is 235 g/mol. The van der Waals surface area contributed by atoms with Crippen LogP contribution >= 0.6 is 0 Å². The predicted molar refractivity (Wildman–Crippen MR) is 47.9 cm³/mol. The first-order valence-corrected chi connectivity index (χ1v) is 4.27. The minimum absolute atomic E-state index is 0.669. The average Bonchev–Trinajstić information content (AvgIpc) is 2.14. The van der Waals surface area contributed by atoms with Gasteiger partial charge in [0.05, 0.1) is 0 Å². The van der Waals surface area contributed by atoms with E-state index >= 15 is 0 Å². The maximum atomic E-state index is 12.3. The van der Waals surface area contributed by atoms with Gasteiger partial charge in [-0.05, 0) is 6.07 Å². The van der Waals surface area contributed by atoms with Crippen LogP contribution < -0.4 is 5.56 Å². The summed E-state index contributed by atoms with van der Waals surface area (Å²) in [6.07, 6.45) is -3.76. The second kappa shape index (κ2) is 4.38. The first-order chi connectivity index (χ1) is 7.32. The van der Waals surface area contributed by atoms with Crippen molar-refractivity contribution in [3.05, 3.63) is 34.7 Å². The number of carboxylic acid groups (broad SMARTS) is 1. The molecule has 0 aliphatic carbocycles. The lowest BCUT2D eigenvalue weighted by Gasteiger charge is -2.16. The van der Waals surface area contributed by atoms with Gasteiger partial charge in [0.15, 0.2) is 5.92 Å². The molecule has 1 aromatic rings. The lowest BCUT2D eigenvalue weighted by atomic mass is 10.1. The third kappa shape index (κ3) is 2.85. The fraction of sp³-hybridized carbons (Fsp3) is 0.333. The van der Waals surface area contributed by atoms with E-state index in [1.54, 1.807) is 0 Å². The summed E-state index contributed by atoms with van der Waals surface area (Å²) in [7, 11) is 0. The van der Waals surface area contributed by atoms with Crippen molar-refractivity contribution in [2.45, 2.75) is 12.7 Å². The molecule has 0 fully saturated rings. The number of rotatable bonds is 3. The van der Waals surface area contributed by atoms with Gasteiger partial charge in [-0.3, -0.25) is 9.59 Å². The molecule has 0 aromatic carbocycles. The molecule has 1 aromatic heterocycles. The molecule has 0 amide bonds. The van der Waals surface area contributed by atoms with Gasteiger partial charge in [-0.15, -0.1) is 0 Å². The van der Waals surface area contributed by atoms with Gasteiger partial charge in [-0.25, -0.2) is 0 Å². The maximum Gasteiger partial charge on any atom is 0.403 e. The van der Waals surface area contributed by atoms with Crippen molar-refractivity contribution in [3.8, 4) is 0 Å². The Labute approximate surface area is 87.9 Å². The second-order valence-corrected chi connectivity index (χ2v) is 3.12. The van der Waals surface area contributed by atoms with E-state index in [4.69, 9.17) is 5.11 Å². The molecule has 0 saturated heterocycles. The highest BCUT2D eigenvalue weighted by Gasteiger charge is 2.45. The fourth-order valence-electron chi connectivity index (χ4n) is 1.13. The van der Waals surface area contributed by atoms with Gasteiger partial charge >= 0.3 is 12.1 Å². The Balaban J connectivity index is 2.98. The molecule has 0 bridgehead atoms. The first-order valence-electron chi connectivity index (χ1n) is 4.27.